The molecule has 0 saturated carbocycles. The Morgan fingerprint density at radius 3 is 1.88 bits per heavy atom. The van der Waals surface area contributed by atoms with Crippen LogP contribution in [0.15, 0.2) is 0 Å². The first-order chi connectivity index (χ1) is 3.85. The highest BCUT2D eigenvalue weighted by molar-refractivity contribution is 7.96. The van der Waals surface area contributed by atoms with Crippen molar-refractivity contribution in [1.29, 1.82) is 0 Å². The van der Waals surface area contributed by atoms with Gasteiger partial charge < -0.3 is 5.73 Å². The van der Waals surface area contributed by atoms with Crippen molar-refractivity contribution in [2.24, 2.45) is 5.73 Å². The standard InChI is InChI=1S/C6H16NS/c1-3-8(4-2)6-5-7/h3-7H2,1-2H3/q+1. The van der Waals surface area contributed by atoms with E-state index in [1.165, 1.54) is 17.3 Å². The monoisotopic (exact) mass is 134 g/mol. The van der Waals surface area contributed by atoms with Crippen molar-refractivity contribution < 1.29 is 0 Å². The van der Waals surface area contributed by atoms with Gasteiger partial charge in [-0.15, -0.1) is 0 Å². The molecule has 0 aliphatic heterocycles. The van der Waals surface area contributed by atoms with Gasteiger partial charge in [0.15, 0.2) is 0 Å². The number of rotatable bonds is 4. The van der Waals surface area contributed by atoms with Crippen LogP contribution in [0.4, 0.5) is 0 Å². The summed E-state index contributed by atoms with van der Waals surface area (Å²) in [5.41, 5.74) is 5.39. The molecule has 0 amide bonds. The molecule has 0 bridgehead atoms. The third-order valence-electron chi connectivity index (χ3n) is 1.22. The topological polar surface area (TPSA) is 26.0 Å². The number of hydrogen-bond donors (Lipinski definition) is 1. The zero-order valence-electron chi connectivity index (χ0n) is 5.81. The van der Waals surface area contributed by atoms with Crippen molar-refractivity contribution in [3.63, 3.8) is 0 Å². The van der Waals surface area contributed by atoms with Crippen LogP contribution in [0, 0.1) is 0 Å². The summed E-state index contributed by atoms with van der Waals surface area (Å²) in [6, 6.07) is 0. The molecule has 8 heavy (non-hydrogen) atoms. The van der Waals surface area contributed by atoms with E-state index in [1.807, 2.05) is 0 Å². The fraction of sp³-hybridized carbons (Fsp3) is 1.00. The van der Waals surface area contributed by atoms with Crippen LogP contribution in [-0.2, 0) is 10.9 Å². The lowest BCUT2D eigenvalue weighted by Crippen LogP contribution is -2.19. The van der Waals surface area contributed by atoms with Gasteiger partial charge in [-0.25, -0.2) is 0 Å². The molecule has 0 aromatic carbocycles. The highest BCUT2D eigenvalue weighted by Crippen LogP contribution is 1.92. The van der Waals surface area contributed by atoms with Gasteiger partial charge in [0, 0.05) is 6.54 Å². The first-order valence-corrected chi connectivity index (χ1v) is 4.92. The maximum Gasteiger partial charge on any atom is 0.120 e. The lowest BCUT2D eigenvalue weighted by Gasteiger charge is -1.99. The Labute approximate surface area is 55.0 Å². The van der Waals surface area contributed by atoms with Gasteiger partial charge in [-0.1, -0.05) is 0 Å². The fourth-order valence-electron chi connectivity index (χ4n) is 0.659. The molecule has 0 radical (unpaired) electrons. The van der Waals surface area contributed by atoms with Crippen molar-refractivity contribution >= 4 is 10.9 Å². The molecule has 1 nitrogen and oxygen atoms in total. The van der Waals surface area contributed by atoms with Crippen LogP contribution in [0.3, 0.4) is 0 Å². The molecule has 0 rings (SSSR count). The van der Waals surface area contributed by atoms with Crippen molar-refractivity contribution in [1.82, 2.24) is 0 Å². The quantitative estimate of drug-likeness (QED) is 0.560. The zero-order chi connectivity index (χ0) is 6.41. The molecule has 0 fully saturated rings. The van der Waals surface area contributed by atoms with Gasteiger partial charge in [0.2, 0.25) is 0 Å². The smallest absolute Gasteiger partial charge is 0.120 e. The maximum atomic E-state index is 5.39. The largest absolute Gasteiger partial charge is 0.326 e. The minimum Gasteiger partial charge on any atom is -0.326 e. The molecule has 0 heterocycles. The molecule has 0 spiro atoms. The minimum absolute atomic E-state index is 0.637. The van der Waals surface area contributed by atoms with Gasteiger partial charge in [-0.3, -0.25) is 0 Å². The molecule has 0 aromatic heterocycles. The van der Waals surface area contributed by atoms with Crippen LogP contribution in [-0.4, -0.2) is 23.8 Å². The summed E-state index contributed by atoms with van der Waals surface area (Å²) in [7, 11) is 0.637. The predicted octanol–water partition coefficient (Wildman–Crippen LogP) is 0.603. The molecule has 0 saturated heterocycles. The molecule has 50 valence electrons. The van der Waals surface area contributed by atoms with Gasteiger partial charge in [0.25, 0.3) is 0 Å². The molecule has 0 atom stereocenters. The molecule has 0 unspecified atom stereocenters. The highest BCUT2D eigenvalue weighted by Gasteiger charge is 2.08. The van der Waals surface area contributed by atoms with Crippen LogP contribution in [0.25, 0.3) is 0 Å². The Balaban J connectivity index is 3.07. The van der Waals surface area contributed by atoms with Crippen LogP contribution in [0.1, 0.15) is 13.8 Å². The van der Waals surface area contributed by atoms with Crippen LogP contribution < -0.4 is 5.73 Å². The van der Waals surface area contributed by atoms with Gasteiger partial charge in [-0.2, -0.15) is 0 Å². The predicted molar refractivity (Wildman–Crippen MR) is 42.4 cm³/mol. The van der Waals surface area contributed by atoms with Gasteiger partial charge in [-0.05, 0) is 24.7 Å². The third kappa shape index (κ3) is 3.33. The highest BCUT2D eigenvalue weighted by atomic mass is 32.2. The second-order valence-electron chi connectivity index (χ2n) is 1.68. The Hall–Kier alpha value is 0.310. The van der Waals surface area contributed by atoms with Gasteiger partial charge >= 0.3 is 0 Å². The average Bonchev–Trinajstić information content (AvgIpc) is 1.83. The van der Waals surface area contributed by atoms with Crippen molar-refractivity contribution in [2.45, 2.75) is 13.8 Å². The summed E-state index contributed by atoms with van der Waals surface area (Å²) in [6.07, 6.45) is 0. The molecule has 0 aliphatic carbocycles. The van der Waals surface area contributed by atoms with Crippen LogP contribution >= 0.6 is 0 Å². The number of hydrogen-bond acceptors (Lipinski definition) is 1. The first-order valence-electron chi connectivity index (χ1n) is 3.19. The normalized spacial score (nSPS) is 10.5. The zero-order valence-corrected chi connectivity index (χ0v) is 6.63. The maximum absolute atomic E-state index is 5.39. The van der Waals surface area contributed by atoms with Crippen LogP contribution in [0.5, 0.6) is 0 Å². The minimum atomic E-state index is 0.637. The van der Waals surface area contributed by atoms with E-state index in [0.29, 0.717) is 10.9 Å². The molecule has 2 heteroatoms. The molecular formula is C6H16NS+. The van der Waals surface area contributed by atoms with E-state index in [0.717, 1.165) is 6.54 Å². The molecule has 0 aliphatic rings. The number of nitrogens with two attached hydrogens (primary N) is 1. The summed E-state index contributed by atoms with van der Waals surface area (Å²) < 4.78 is 0. The van der Waals surface area contributed by atoms with Crippen molar-refractivity contribution in [3.05, 3.63) is 0 Å². The summed E-state index contributed by atoms with van der Waals surface area (Å²) in [5, 5.41) is 0. The molecule has 2 N–H and O–H groups in total. The van der Waals surface area contributed by atoms with E-state index in [-0.39, 0.29) is 0 Å². The second kappa shape index (κ2) is 5.45. The van der Waals surface area contributed by atoms with E-state index < -0.39 is 0 Å². The second-order valence-corrected chi connectivity index (χ2v) is 4.47. The lowest BCUT2D eigenvalue weighted by molar-refractivity contribution is 1.14. The Morgan fingerprint density at radius 1 is 1.25 bits per heavy atom. The van der Waals surface area contributed by atoms with E-state index in [1.54, 1.807) is 0 Å². The average molecular weight is 134 g/mol. The Kier molecular flexibility index (Phi) is 5.66. The van der Waals surface area contributed by atoms with E-state index in [2.05, 4.69) is 13.8 Å². The lowest BCUT2D eigenvalue weighted by atomic mass is 10.8. The third-order valence-corrected chi connectivity index (χ3v) is 3.67. The van der Waals surface area contributed by atoms with E-state index >= 15 is 0 Å². The fourth-order valence-corrected chi connectivity index (χ4v) is 1.98. The Morgan fingerprint density at radius 2 is 1.75 bits per heavy atom. The van der Waals surface area contributed by atoms with E-state index in [4.69, 9.17) is 5.73 Å². The van der Waals surface area contributed by atoms with Gasteiger partial charge in [0.05, 0.1) is 0 Å². The SMILES string of the molecule is CC[S+](CC)CCN. The summed E-state index contributed by atoms with van der Waals surface area (Å²) in [4.78, 5) is 0. The summed E-state index contributed by atoms with van der Waals surface area (Å²) in [6.45, 7) is 5.34. The summed E-state index contributed by atoms with van der Waals surface area (Å²) in [5.74, 6) is 3.86. The van der Waals surface area contributed by atoms with Gasteiger partial charge in [0.1, 0.15) is 17.3 Å². The first kappa shape index (κ1) is 8.31. The molecular weight excluding hydrogens is 118 g/mol. The summed E-state index contributed by atoms with van der Waals surface area (Å²) >= 11 is 0. The van der Waals surface area contributed by atoms with Crippen molar-refractivity contribution in [2.75, 3.05) is 23.8 Å². The van der Waals surface area contributed by atoms with E-state index in [9.17, 15) is 0 Å². The van der Waals surface area contributed by atoms with Crippen molar-refractivity contribution in [3.8, 4) is 0 Å². The molecule has 0 aromatic rings. The Bertz CT molecular complexity index is 43.8. The van der Waals surface area contributed by atoms with Crippen LogP contribution in [0.2, 0.25) is 0 Å².